The molecule has 6 nitrogen and oxygen atoms in total. The Morgan fingerprint density at radius 1 is 1.30 bits per heavy atom. The zero-order chi connectivity index (χ0) is 19.0. The number of carbonyl (C=O) groups is 1. The molecule has 27 heavy (non-hydrogen) atoms. The third kappa shape index (κ3) is 3.43. The van der Waals surface area contributed by atoms with Crippen LogP contribution in [0.4, 0.5) is 15.8 Å². The lowest BCUT2D eigenvalue weighted by Crippen LogP contribution is -2.30. The molecule has 136 valence electrons. The van der Waals surface area contributed by atoms with E-state index < -0.39 is 4.92 Å². The molecule has 1 aliphatic heterocycles. The predicted octanol–water partition coefficient (Wildman–Crippen LogP) is 3.99. The molecule has 0 aliphatic carbocycles. The fourth-order valence-electron chi connectivity index (χ4n) is 3.13. The SMILES string of the molecule is O=C(Cc1csc(-c2cccc(F)c2)n1)N1CCc2ccc([N+](=O)[O-])cc21. The summed E-state index contributed by atoms with van der Waals surface area (Å²) >= 11 is 1.35. The van der Waals surface area contributed by atoms with Crippen LogP contribution in [0.2, 0.25) is 0 Å². The number of thiazole rings is 1. The number of amides is 1. The van der Waals surface area contributed by atoms with Crippen LogP contribution in [-0.4, -0.2) is 22.4 Å². The lowest BCUT2D eigenvalue weighted by Gasteiger charge is -2.16. The number of nitrogens with zero attached hydrogens (tertiary/aromatic N) is 3. The highest BCUT2D eigenvalue weighted by Crippen LogP contribution is 2.32. The quantitative estimate of drug-likeness (QED) is 0.504. The average Bonchev–Trinajstić information content (AvgIpc) is 3.27. The van der Waals surface area contributed by atoms with E-state index in [0.29, 0.717) is 34.9 Å². The van der Waals surface area contributed by atoms with Crippen LogP contribution in [-0.2, 0) is 17.6 Å². The van der Waals surface area contributed by atoms with E-state index >= 15 is 0 Å². The number of halogens is 1. The van der Waals surface area contributed by atoms with Gasteiger partial charge in [-0.15, -0.1) is 11.3 Å². The van der Waals surface area contributed by atoms with Gasteiger partial charge in [0.25, 0.3) is 5.69 Å². The number of hydrogen-bond donors (Lipinski definition) is 0. The minimum absolute atomic E-state index is 0.0319. The molecule has 0 spiro atoms. The normalized spacial score (nSPS) is 12.9. The van der Waals surface area contributed by atoms with Crippen LogP contribution >= 0.6 is 11.3 Å². The zero-order valence-corrected chi connectivity index (χ0v) is 14.9. The molecule has 0 radical (unpaired) electrons. The number of rotatable bonds is 4. The van der Waals surface area contributed by atoms with E-state index in [9.17, 15) is 19.3 Å². The number of aromatic nitrogens is 1. The first-order chi connectivity index (χ1) is 13.0. The van der Waals surface area contributed by atoms with Crippen LogP contribution in [0.3, 0.4) is 0 Å². The molecule has 2 heterocycles. The van der Waals surface area contributed by atoms with Crippen LogP contribution in [0.1, 0.15) is 11.3 Å². The smallest absolute Gasteiger partial charge is 0.271 e. The average molecular weight is 383 g/mol. The minimum atomic E-state index is -0.465. The molecule has 1 amide bonds. The summed E-state index contributed by atoms with van der Waals surface area (Å²) in [6, 6.07) is 10.8. The van der Waals surface area contributed by atoms with Crippen LogP contribution < -0.4 is 4.90 Å². The van der Waals surface area contributed by atoms with Crippen molar-refractivity contribution in [3.8, 4) is 10.6 Å². The molecule has 0 saturated carbocycles. The standard InChI is InChI=1S/C19H14FN3O3S/c20-14-3-1-2-13(8-14)19-21-15(11-27-19)9-18(24)22-7-6-12-4-5-16(23(25)26)10-17(12)22/h1-5,8,10-11H,6-7,9H2. The van der Waals surface area contributed by atoms with Crippen LogP contribution in [0, 0.1) is 15.9 Å². The van der Waals surface area contributed by atoms with Crippen molar-refractivity contribution in [3.63, 3.8) is 0 Å². The van der Waals surface area contributed by atoms with E-state index in [1.165, 1.54) is 35.6 Å². The molecule has 2 aromatic carbocycles. The summed E-state index contributed by atoms with van der Waals surface area (Å²) in [5.74, 6) is -0.499. The number of non-ortho nitro benzene ring substituents is 1. The Labute approximate surface area is 158 Å². The molecule has 0 bridgehead atoms. The minimum Gasteiger partial charge on any atom is -0.311 e. The Hall–Kier alpha value is -3.13. The van der Waals surface area contributed by atoms with Gasteiger partial charge in [0.2, 0.25) is 5.91 Å². The van der Waals surface area contributed by atoms with Gasteiger partial charge in [-0.25, -0.2) is 9.37 Å². The second kappa shape index (κ2) is 6.88. The Kier molecular flexibility index (Phi) is 4.41. The van der Waals surface area contributed by atoms with Crippen LogP contribution in [0.5, 0.6) is 0 Å². The number of nitro benzene ring substituents is 1. The molecule has 8 heteroatoms. The van der Waals surface area contributed by atoms with Crippen molar-refractivity contribution in [3.05, 3.63) is 75.0 Å². The van der Waals surface area contributed by atoms with E-state index in [-0.39, 0.29) is 23.8 Å². The van der Waals surface area contributed by atoms with Crippen LogP contribution in [0.15, 0.2) is 47.8 Å². The van der Waals surface area contributed by atoms with Gasteiger partial charge < -0.3 is 4.90 Å². The van der Waals surface area contributed by atoms with E-state index in [2.05, 4.69) is 4.98 Å². The maximum Gasteiger partial charge on any atom is 0.271 e. The molecule has 0 fully saturated rings. The topological polar surface area (TPSA) is 76.3 Å². The number of carbonyl (C=O) groups excluding carboxylic acids is 1. The summed E-state index contributed by atoms with van der Waals surface area (Å²) in [5.41, 5.74) is 2.75. The van der Waals surface area contributed by atoms with Gasteiger partial charge in [-0.1, -0.05) is 18.2 Å². The molecule has 0 atom stereocenters. The summed E-state index contributed by atoms with van der Waals surface area (Å²) in [6.07, 6.45) is 0.763. The van der Waals surface area contributed by atoms with E-state index in [4.69, 9.17) is 0 Å². The Bertz CT molecular complexity index is 1050. The molecule has 3 aromatic rings. The van der Waals surface area contributed by atoms with Crippen molar-refractivity contribution in [2.75, 3.05) is 11.4 Å². The maximum atomic E-state index is 13.4. The third-order valence-corrected chi connectivity index (χ3v) is 5.37. The summed E-state index contributed by atoms with van der Waals surface area (Å²) in [6.45, 7) is 0.496. The first kappa shape index (κ1) is 17.3. The Balaban J connectivity index is 1.53. The maximum absolute atomic E-state index is 13.4. The summed E-state index contributed by atoms with van der Waals surface area (Å²) < 4.78 is 13.4. The van der Waals surface area contributed by atoms with Gasteiger partial charge in [-0.3, -0.25) is 14.9 Å². The highest BCUT2D eigenvalue weighted by atomic mass is 32.1. The molecule has 4 rings (SSSR count). The van der Waals surface area contributed by atoms with Crippen molar-refractivity contribution in [1.29, 1.82) is 0 Å². The van der Waals surface area contributed by atoms with Gasteiger partial charge in [-0.05, 0) is 24.1 Å². The first-order valence-electron chi connectivity index (χ1n) is 8.29. The number of hydrogen-bond acceptors (Lipinski definition) is 5. The molecule has 1 aliphatic rings. The van der Waals surface area contributed by atoms with Gasteiger partial charge in [0.15, 0.2) is 0 Å². The van der Waals surface area contributed by atoms with E-state index in [0.717, 1.165) is 5.56 Å². The lowest BCUT2D eigenvalue weighted by molar-refractivity contribution is -0.384. The lowest BCUT2D eigenvalue weighted by atomic mass is 10.1. The van der Waals surface area contributed by atoms with Gasteiger partial charge in [-0.2, -0.15) is 0 Å². The fraction of sp³-hybridized carbons (Fsp3) is 0.158. The number of anilines is 1. The largest absolute Gasteiger partial charge is 0.311 e. The van der Waals surface area contributed by atoms with E-state index in [1.54, 1.807) is 28.5 Å². The highest BCUT2D eigenvalue weighted by molar-refractivity contribution is 7.13. The number of fused-ring (bicyclic) bond motifs is 1. The monoisotopic (exact) mass is 383 g/mol. The molecule has 0 saturated heterocycles. The molecule has 1 aromatic heterocycles. The first-order valence-corrected chi connectivity index (χ1v) is 9.17. The Morgan fingerprint density at radius 3 is 2.93 bits per heavy atom. The highest BCUT2D eigenvalue weighted by Gasteiger charge is 2.27. The van der Waals surface area contributed by atoms with Crippen molar-refractivity contribution >= 4 is 28.6 Å². The molecule has 0 N–H and O–H groups in total. The number of nitro groups is 1. The van der Waals surface area contributed by atoms with E-state index in [1.807, 2.05) is 0 Å². The fourth-order valence-corrected chi connectivity index (χ4v) is 3.95. The van der Waals surface area contributed by atoms with Crippen LogP contribution in [0.25, 0.3) is 10.6 Å². The predicted molar refractivity (Wildman–Crippen MR) is 100 cm³/mol. The van der Waals surface area contributed by atoms with Crippen molar-refractivity contribution in [1.82, 2.24) is 4.98 Å². The van der Waals surface area contributed by atoms with Crippen molar-refractivity contribution < 1.29 is 14.1 Å². The van der Waals surface area contributed by atoms with Gasteiger partial charge in [0.05, 0.1) is 22.7 Å². The van der Waals surface area contributed by atoms with Gasteiger partial charge in [0, 0.05) is 29.6 Å². The van der Waals surface area contributed by atoms with Crippen molar-refractivity contribution in [2.24, 2.45) is 0 Å². The summed E-state index contributed by atoms with van der Waals surface area (Å²) in [4.78, 5) is 29.3. The molecular weight excluding hydrogens is 369 g/mol. The zero-order valence-electron chi connectivity index (χ0n) is 14.1. The van der Waals surface area contributed by atoms with Gasteiger partial charge >= 0.3 is 0 Å². The second-order valence-corrected chi connectivity index (χ2v) is 7.05. The number of benzene rings is 2. The molecular formula is C19H14FN3O3S. The summed E-state index contributed by atoms with van der Waals surface area (Å²) in [7, 11) is 0. The second-order valence-electron chi connectivity index (χ2n) is 6.20. The van der Waals surface area contributed by atoms with Crippen molar-refractivity contribution in [2.45, 2.75) is 12.8 Å². The third-order valence-electron chi connectivity index (χ3n) is 4.43. The Morgan fingerprint density at radius 2 is 2.15 bits per heavy atom. The van der Waals surface area contributed by atoms with Gasteiger partial charge in [0.1, 0.15) is 10.8 Å². The summed E-state index contributed by atoms with van der Waals surface area (Å²) in [5, 5.41) is 13.4. The molecule has 0 unspecified atom stereocenters.